The number of imidazole rings is 1. The number of nitrogens with zero attached hydrogens (tertiary/aromatic N) is 4. The molecule has 0 saturated carbocycles. The minimum atomic E-state index is -0.280. The Morgan fingerprint density at radius 3 is 2.65 bits per heavy atom. The number of rotatable bonds is 7. The number of hydrogen-bond donors (Lipinski definition) is 1. The first-order valence-electron chi connectivity index (χ1n) is 10.5. The third-order valence-corrected chi connectivity index (χ3v) is 6.21. The van der Waals surface area contributed by atoms with Crippen molar-refractivity contribution in [2.75, 3.05) is 32.7 Å². The molecule has 0 radical (unpaired) electrons. The highest BCUT2D eigenvalue weighted by Crippen LogP contribution is 2.21. The van der Waals surface area contributed by atoms with E-state index in [1.54, 1.807) is 22.9 Å². The average Bonchev–Trinajstić information content (AvgIpc) is 3.31. The largest absolute Gasteiger partial charge is 0.415 e. The first-order valence-corrected chi connectivity index (χ1v) is 11.5. The molecule has 8 heteroatoms. The Balaban J connectivity index is 1.19. The summed E-state index contributed by atoms with van der Waals surface area (Å²) in [7, 11) is 0. The molecule has 1 aliphatic heterocycles. The van der Waals surface area contributed by atoms with Crippen LogP contribution in [0.25, 0.3) is 0 Å². The Morgan fingerprint density at radius 1 is 1.13 bits per heavy atom. The van der Waals surface area contributed by atoms with Gasteiger partial charge in [0.2, 0.25) is 0 Å². The number of ether oxygens (including phenoxy) is 1. The first-order chi connectivity index (χ1) is 15.2. The van der Waals surface area contributed by atoms with Gasteiger partial charge in [0.25, 0.3) is 0 Å². The van der Waals surface area contributed by atoms with Crippen LogP contribution < -0.4 is 4.74 Å². The molecule has 162 valence electrons. The maximum absolute atomic E-state index is 12.5. The summed E-state index contributed by atoms with van der Waals surface area (Å²) in [5.41, 5.74) is 3.32. The molecule has 1 fully saturated rings. The highest BCUT2D eigenvalue weighted by atomic mass is 32.2. The smallest absolute Gasteiger partial charge is 0.410 e. The van der Waals surface area contributed by atoms with Crippen LogP contribution in [0.5, 0.6) is 5.75 Å². The molecule has 1 aliphatic rings. The number of amides is 1. The second-order valence-corrected chi connectivity index (χ2v) is 8.51. The number of piperazine rings is 1. The summed E-state index contributed by atoms with van der Waals surface area (Å²) in [4.78, 5) is 28.5. The van der Waals surface area contributed by atoms with Crippen LogP contribution >= 0.6 is 11.8 Å². The molecular weight excluding hydrogens is 410 g/mol. The molecule has 1 saturated heterocycles. The van der Waals surface area contributed by atoms with Gasteiger partial charge in [-0.25, -0.2) is 9.78 Å². The molecule has 0 aliphatic carbocycles. The number of carbonyl (C=O) groups is 1. The number of pyridine rings is 1. The lowest BCUT2D eigenvalue weighted by Crippen LogP contribution is -2.49. The number of aryl methyl sites for hydroxylation is 1. The minimum absolute atomic E-state index is 0.280. The molecule has 0 spiro atoms. The van der Waals surface area contributed by atoms with Crippen LogP contribution in [-0.2, 0) is 12.2 Å². The summed E-state index contributed by atoms with van der Waals surface area (Å²) in [6.07, 6.45) is 4.20. The third-order valence-electron chi connectivity index (χ3n) is 5.24. The van der Waals surface area contributed by atoms with Gasteiger partial charge in [-0.15, -0.1) is 0 Å². The molecule has 1 N–H and O–H groups in total. The lowest BCUT2D eigenvalue weighted by Gasteiger charge is -2.33. The van der Waals surface area contributed by atoms with Crippen molar-refractivity contribution in [1.82, 2.24) is 24.8 Å². The molecule has 4 rings (SSSR count). The van der Waals surface area contributed by atoms with E-state index in [0.29, 0.717) is 18.8 Å². The summed E-state index contributed by atoms with van der Waals surface area (Å²) in [6, 6.07) is 13.8. The van der Waals surface area contributed by atoms with Crippen LogP contribution in [0.15, 0.2) is 60.0 Å². The van der Waals surface area contributed by atoms with Gasteiger partial charge in [0, 0.05) is 68.7 Å². The SMILES string of the molecule is Cc1cccc(CCN2CCN(C(=O)Oc3ccc(CSc4ncc[nH]4)cc3)CC2)n1. The van der Waals surface area contributed by atoms with Crippen LogP contribution in [0.3, 0.4) is 0 Å². The normalized spacial score (nSPS) is 14.5. The Bertz CT molecular complexity index is 970. The second-order valence-electron chi connectivity index (χ2n) is 7.54. The zero-order valence-corrected chi connectivity index (χ0v) is 18.5. The van der Waals surface area contributed by atoms with E-state index in [9.17, 15) is 4.79 Å². The van der Waals surface area contributed by atoms with E-state index in [-0.39, 0.29) is 6.09 Å². The summed E-state index contributed by atoms with van der Waals surface area (Å²) in [5, 5.41) is 0.893. The van der Waals surface area contributed by atoms with Crippen molar-refractivity contribution in [3.05, 3.63) is 71.8 Å². The average molecular weight is 438 g/mol. The number of H-pyrrole nitrogens is 1. The van der Waals surface area contributed by atoms with Crippen LogP contribution in [0, 0.1) is 6.92 Å². The minimum Gasteiger partial charge on any atom is -0.410 e. The van der Waals surface area contributed by atoms with Gasteiger partial charge in [-0.05, 0) is 36.8 Å². The predicted octanol–water partition coefficient (Wildman–Crippen LogP) is 3.76. The summed E-state index contributed by atoms with van der Waals surface area (Å²) >= 11 is 1.63. The number of carbonyl (C=O) groups excluding carboxylic acids is 1. The van der Waals surface area contributed by atoms with E-state index in [0.717, 1.165) is 53.9 Å². The van der Waals surface area contributed by atoms with Crippen LogP contribution in [0.1, 0.15) is 17.0 Å². The lowest BCUT2D eigenvalue weighted by atomic mass is 10.2. The van der Waals surface area contributed by atoms with E-state index in [1.165, 1.54) is 0 Å². The van der Waals surface area contributed by atoms with E-state index >= 15 is 0 Å². The lowest BCUT2D eigenvalue weighted by molar-refractivity contribution is 0.111. The predicted molar refractivity (Wildman–Crippen MR) is 121 cm³/mol. The monoisotopic (exact) mass is 437 g/mol. The fourth-order valence-electron chi connectivity index (χ4n) is 3.47. The molecule has 3 heterocycles. The Hall–Kier alpha value is -2.84. The Morgan fingerprint density at radius 2 is 1.94 bits per heavy atom. The van der Waals surface area contributed by atoms with Gasteiger partial charge in [0.05, 0.1) is 0 Å². The molecule has 2 aromatic heterocycles. The molecule has 0 bridgehead atoms. The quantitative estimate of drug-likeness (QED) is 0.567. The number of hydrogen-bond acceptors (Lipinski definition) is 6. The maximum Gasteiger partial charge on any atom is 0.415 e. The van der Waals surface area contributed by atoms with Gasteiger partial charge in [0.1, 0.15) is 5.75 Å². The van der Waals surface area contributed by atoms with Crippen molar-refractivity contribution in [2.24, 2.45) is 0 Å². The van der Waals surface area contributed by atoms with Crippen molar-refractivity contribution in [3.8, 4) is 5.75 Å². The number of thioether (sulfide) groups is 1. The number of benzene rings is 1. The molecule has 1 aromatic carbocycles. The van der Waals surface area contributed by atoms with Gasteiger partial charge in [-0.2, -0.15) is 0 Å². The van der Waals surface area contributed by atoms with Crippen molar-refractivity contribution in [3.63, 3.8) is 0 Å². The molecule has 0 unspecified atom stereocenters. The van der Waals surface area contributed by atoms with Gasteiger partial charge in [0.15, 0.2) is 5.16 Å². The number of aromatic nitrogens is 3. The van der Waals surface area contributed by atoms with Crippen molar-refractivity contribution >= 4 is 17.9 Å². The van der Waals surface area contributed by atoms with Gasteiger partial charge in [-0.3, -0.25) is 9.88 Å². The van der Waals surface area contributed by atoms with E-state index in [2.05, 4.69) is 32.0 Å². The molecule has 1 amide bonds. The maximum atomic E-state index is 12.5. The summed E-state index contributed by atoms with van der Waals surface area (Å²) < 4.78 is 5.57. The molecule has 0 atom stereocenters. The third kappa shape index (κ3) is 6.32. The van der Waals surface area contributed by atoms with E-state index in [1.807, 2.05) is 43.5 Å². The van der Waals surface area contributed by atoms with E-state index in [4.69, 9.17) is 4.74 Å². The summed E-state index contributed by atoms with van der Waals surface area (Å²) in [5.74, 6) is 1.38. The van der Waals surface area contributed by atoms with Crippen molar-refractivity contribution in [1.29, 1.82) is 0 Å². The van der Waals surface area contributed by atoms with E-state index < -0.39 is 0 Å². The highest BCUT2D eigenvalue weighted by Gasteiger charge is 2.22. The molecule has 7 nitrogen and oxygen atoms in total. The standard InChI is InChI=1S/C23H27N5O2S/c1-18-3-2-4-20(26-18)9-12-27-13-15-28(16-14-27)23(29)30-21-7-5-19(6-8-21)17-31-22-24-10-11-25-22/h2-8,10-11H,9,12-17H2,1H3,(H,24,25). The second kappa shape index (κ2) is 10.5. The van der Waals surface area contributed by atoms with Crippen molar-refractivity contribution < 1.29 is 9.53 Å². The van der Waals surface area contributed by atoms with Gasteiger partial charge < -0.3 is 14.6 Å². The number of nitrogens with one attached hydrogen (secondary N) is 1. The Labute approximate surface area is 186 Å². The van der Waals surface area contributed by atoms with Gasteiger partial charge >= 0.3 is 6.09 Å². The fourth-order valence-corrected chi connectivity index (χ4v) is 4.25. The zero-order chi connectivity index (χ0) is 21.5. The van der Waals surface area contributed by atoms with Crippen molar-refractivity contribution in [2.45, 2.75) is 24.3 Å². The highest BCUT2D eigenvalue weighted by molar-refractivity contribution is 7.98. The zero-order valence-electron chi connectivity index (χ0n) is 17.7. The molecule has 3 aromatic rings. The van der Waals surface area contributed by atoms with Crippen LogP contribution in [-0.4, -0.2) is 63.6 Å². The van der Waals surface area contributed by atoms with Crippen LogP contribution in [0.4, 0.5) is 4.79 Å². The molecule has 31 heavy (non-hydrogen) atoms. The topological polar surface area (TPSA) is 74.3 Å². The summed E-state index contributed by atoms with van der Waals surface area (Å²) in [6.45, 7) is 6.03. The first kappa shape index (κ1) is 21.4. The van der Waals surface area contributed by atoms with Crippen LogP contribution in [0.2, 0.25) is 0 Å². The van der Waals surface area contributed by atoms with Gasteiger partial charge in [-0.1, -0.05) is 30.0 Å². The molecular formula is C23H27N5O2S. The Kier molecular flexibility index (Phi) is 7.22. The number of aromatic amines is 1. The fraction of sp³-hybridized carbons (Fsp3) is 0.348.